The maximum Gasteiger partial charge on any atom is 0.156 e. The number of nitrogens with one attached hydrogen (secondary N) is 1. The average Bonchev–Trinajstić information content (AvgIpc) is 3.23. The summed E-state index contributed by atoms with van der Waals surface area (Å²) in [6.45, 7) is 10.7. The molecule has 0 bridgehead atoms. The summed E-state index contributed by atoms with van der Waals surface area (Å²) in [6.07, 6.45) is 0. The van der Waals surface area contributed by atoms with Crippen molar-refractivity contribution < 1.29 is 9.13 Å². The van der Waals surface area contributed by atoms with Gasteiger partial charge >= 0.3 is 0 Å². The Morgan fingerprint density at radius 3 is 2.70 bits per heavy atom. The van der Waals surface area contributed by atoms with E-state index in [2.05, 4.69) is 20.2 Å². The van der Waals surface area contributed by atoms with E-state index in [0.717, 1.165) is 39.2 Å². The highest BCUT2D eigenvalue weighted by atomic mass is 19.1. The fourth-order valence-corrected chi connectivity index (χ4v) is 4.09. The van der Waals surface area contributed by atoms with E-state index in [1.54, 1.807) is 13.0 Å². The first-order chi connectivity index (χ1) is 14.2. The number of hydrogen-bond acceptors (Lipinski definition) is 5. The van der Waals surface area contributed by atoms with Gasteiger partial charge in [0.15, 0.2) is 5.65 Å². The van der Waals surface area contributed by atoms with Crippen molar-refractivity contribution in [3.05, 3.63) is 46.8 Å². The monoisotopic (exact) mass is 406 g/mol. The molecule has 0 unspecified atom stereocenters. The summed E-state index contributed by atoms with van der Waals surface area (Å²) in [5, 5.41) is 13.2. The molecule has 0 atom stereocenters. The van der Waals surface area contributed by atoms with Gasteiger partial charge in [-0.25, -0.2) is 14.4 Å². The molecule has 0 saturated heterocycles. The lowest BCUT2D eigenvalue weighted by Gasteiger charge is -2.31. The predicted molar refractivity (Wildman–Crippen MR) is 111 cm³/mol. The summed E-state index contributed by atoms with van der Waals surface area (Å²) in [4.78, 5) is 9.08. The molecule has 4 aromatic rings. The minimum absolute atomic E-state index is 0.325. The normalized spacial score (nSPS) is 15.5. The van der Waals surface area contributed by atoms with Crippen molar-refractivity contribution in [1.29, 1.82) is 0 Å². The van der Waals surface area contributed by atoms with Crippen LogP contribution in [0.2, 0.25) is 0 Å². The van der Waals surface area contributed by atoms with Gasteiger partial charge in [0.05, 0.1) is 41.5 Å². The standard InChI is InChI=1S/C22H23FN6O/c1-11-8-14(18-13(3)26-27-21(18)24-11)19-17-9-30-22(4,5)10-29(17)28-20(19)16-7-6-15(23)12(2)25-16/h6-8H,9-10H2,1-5H3,(H,24,26,27). The van der Waals surface area contributed by atoms with Crippen molar-refractivity contribution in [1.82, 2.24) is 29.9 Å². The topological polar surface area (TPSA) is 81.5 Å². The second-order valence-corrected chi connectivity index (χ2v) is 8.48. The van der Waals surface area contributed by atoms with Gasteiger partial charge in [-0.3, -0.25) is 9.78 Å². The molecule has 0 aromatic carbocycles. The maximum absolute atomic E-state index is 13.9. The van der Waals surface area contributed by atoms with Gasteiger partial charge in [-0.15, -0.1) is 0 Å². The summed E-state index contributed by atoms with van der Waals surface area (Å²) in [6, 6.07) is 5.17. The first kappa shape index (κ1) is 18.9. The predicted octanol–water partition coefficient (Wildman–Crippen LogP) is 4.26. The van der Waals surface area contributed by atoms with Crippen LogP contribution in [0.15, 0.2) is 18.2 Å². The largest absolute Gasteiger partial charge is 0.367 e. The Balaban J connectivity index is 1.85. The third-order valence-electron chi connectivity index (χ3n) is 5.56. The molecule has 0 fully saturated rings. The zero-order chi connectivity index (χ0) is 21.2. The van der Waals surface area contributed by atoms with E-state index in [1.165, 1.54) is 6.07 Å². The summed E-state index contributed by atoms with van der Waals surface area (Å²) in [7, 11) is 0. The molecular weight excluding hydrogens is 383 g/mol. The molecule has 5 rings (SSSR count). The molecule has 30 heavy (non-hydrogen) atoms. The number of rotatable bonds is 2. The highest BCUT2D eigenvalue weighted by Crippen LogP contribution is 2.41. The lowest BCUT2D eigenvalue weighted by Crippen LogP contribution is -2.36. The lowest BCUT2D eigenvalue weighted by atomic mass is 9.96. The number of ether oxygens (including phenoxy) is 1. The van der Waals surface area contributed by atoms with Crippen LogP contribution in [0.3, 0.4) is 0 Å². The molecule has 1 aliphatic rings. The first-order valence-corrected chi connectivity index (χ1v) is 9.93. The summed E-state index contributed by atoms with van der Waals surface area (Å²) < 4.78 is 22.0. The van der Waals surface area contributed by atoms with Crippen LogP contribution in [0, 0.1) is 26.6 Å². The molecule has 0 aliphatic carbocycles. The van der Waals surface area contributed by atoms with Gasteiger partial charge in [-0.2, -0.15) is 10.2 Å². The molecule has 4 aromatic heterocycles. The third kappa shape index (κ3) is 2.90. The zero-order valence-corrected chi connectivity index (χ0v) is 17.7. The number of nitrogens with zero attached hydrogens (tertiary/aromatic N) is 5. The van der Waals surface area contributed by atoms with Gasteiger partial charge in [0.1, 0.15) is 11.5 Å². The number of hydrogen-bond donors (Lipinski definition) is 1. The van der Waals surface area contributed by atoms with E-state index in [1.807, 2.05) is 38.4 Å². The van der Waals surface area contributed by atoms with Gasteiger partial charge in [0.2, 0.25) is 0 Å². The number of pyridine rings is 2. The van der Waals surface area contributed by atoms with Gasteiger partial charge in [-0.05, 0) is 52.8 Å². The molecule has 8 heteroatoms. The second kappa shape index (κ2) is 6.43. The molecule has 1 N–H and O–H groups in total. The van der Waals surface area contributed by atoms with Crippen molar-refractivity contribution in [3.63, 3.8) is 0 Å². The number of aromatic amines is 1. The van der Waals surface area contributed by atoms with Crippen LogP contribution in [0.1, 0.15) is 36.6 Å². The van der Waals surface area contributed by atoms with E-state index >= 15 is 0 Å². The van der Waals surface area contributed by atoms with Crippen LogP contribution in [0.4, 0.5) is 4.39 Å². The Bertz CT molecular complexity index is 1300. The van der Waals surface area contributed by atoms with E-state index in [4.69, 9.17) is 9.84 Å². The summed E-state index contributed by atoms with van der Waals surface area (Å²) >= 11 is 0. The Morgan fingerprint density at radius 1 is 1.13 bits per heavy atom. The van der Waals surface area contributed by atoms with Crippen molar-refractivity contribution in [2.75, 3.05) is 0 Å². The molecule has 154 valence electrons. The molecule has 7 nitrogen and oxygen atoms in total. The summed E-state index contributed by atoms with van der Waals surface area (Å²) in [5.74, 6) is -0.332. The van der Waals surface area contributed by atoms with Gasteiger partial charge in [0, 0.05) is 22.2 Å². The van der Waals surface area contributed by atoms with Crippen LogP contribution in [0.5, 0.6) is 0 Å². The van der Waals surface area contributed by atoms with Gasteiger partial charge in [-0.1, -0.05) is 0 Å². The van der Waals surface area contributed by atoms with E-state index in [9.17, 15) is 4.39 Å². The molecule has 0 saturated carbocycles. The summed E-state index contributed by atoms with van der Waals surface area (Å²) in [5.41, 5.74) is 6.71. The van der Waals surface area contributed by atoms with E-state index in [-0.39, 0.29) is 11.4 Å². The van der Waals surface area contributed by atoms with Crippen molar-refractivity contribution in [3.8, 4) is 22.5 Å². The Labute approximate surface area is 173 Å². The molecule has 5 heterocycles. The Kier molecular flexibility index (Phi) is 4.05. The van der Waals surface area contributed by atoms with Crippen molar-refractivity contribution in [2.24, 2.45) is 0 Å². The number of aryl methyl sites for hydroxylation is 3. The zero-order valence-electron chi connectivity index (χ0n) is 17.7. The minimum Gasteiger partial charge on any atom is -0.367 e. The molecular formula is C22H23FN6O. The smallest absolute Gasteiger partial charge is 0.156 e. The Hall–Kier alpha value is -3.13. The fraction of sp³-hybridized carbons (Fsp3) is 0.364. The van der Waals surface area contributed by atoms with Crippen LogP contribution in [0.25, 0.3) is 33.5 Å². The Morgan fingerprint density at radius 2 is 1.93 bits per heavy atom. The van der Waals surface area contributed by atoms with Crippen LogP contribution in [-0.2, 0) is 17.9 Å². The van der Waals surface area contributed by atoms with Crippen LogP contribution in [-0.4, -0.2) is 35.5 Å². The minimum atomic E-state index is -0.332. The van der Waals surface area contributed by atoms with Crippen LogP contribution >= 0.6 is 0 Å². The quantitative estimate of drug-likeness (QED) is 0.538. The number of fused-ring (bicyclic) bond motifs is 2. The van der Waals surface area contributed by atoms with Gasteiger partial charge in [0.25, 0.3) is 0 Å². The number of aromatic nitrogens is 6. The number of H-pyrrole nitrogens is 1. The van der Waals surface area contributed by atoms with E-state index < -0.39 is 0 Å². The SMILES string of the molecule is Cc1cc(-c2c(-c3ccc(F)c(C)n3)nn3c2COC(C)(C)C3)c2c(C)n[nH]c2n1. The number of halogens is 1. The average molecular weight is 406 g/mol. The van der Waals surface area contributed by atoms with Gasteiger partial charge < -0.3 is 4.74 Å². The lowest BCUT2D eigenvalue weighted by molar-refractivity contribution is -0.0657. The molecule has 0 radical (unpaired) electrons. The van der Waals surface area contributed by atoms with Crippen molar-refractivity contribution in [2.45, 2.75) is 53.4 Å². The fourth-order valence-electron chi connectivity index (χ4n) is 4.09. The third-order valence-corrected chi connectivity index (χ3v) is 5.56. The molecule has 0 spiro atoms. The maximum atomic E-state index is 13.9. The molecule has 0 amide bonds. The highest BCUT2D eigenvalue weighted by molar-refractivity contribution is 5.99. The first-order valence-electron chi connectivity index (χ1n) is 9.93. The second-order valence-electron chi connectivity index (χ2n) is 8.48. The van der Waals surface area contributed by atoms with Crippen molar-refractivity contribution >= 4 is 11.0 Å². The van der Waals surface area contributed by atoms with E-state index in [0.29, 0.717) is 30.2 Å². The van der Waals surface area contributed by atoms with Crippen LogP contribution < -0.4 is 0 Å². The molecule has 1 aliphatic heterocycles. The highest BCUT2D eigenvalue weighted by Gasteiger charge is 2.32.